The van der Waals surface area contributed by atoms with Gasteiger partial charge in [0.15, 0.2) is 5.78 Å². The fourth-order valence-corrected chi connectivity index (χ4v) is 2.10. The fraction of sp³-hybridized carbons (Fsp3) is 0.250. The lowest BCUT2D eigenvalue weighted by Crippen LogP contribution is -2.34. The van der Waals surface area contributed by atoms with Crippen LogP contribution in [0.5, 0.6) is 0 Å². The van der Waals surface area contributed by atoms with Gasteiger partial charge >= 0.3 is 0 Å². The van der Waals surface area contributed by atoms with E-state index in [1.807, 2.05) is 6.07 Å². The number of imide groups is 1. The summed E-state index contributed by atoms with van der Waals surface area (Å²) in [6.45, 7) is -0.159. The van der Waals surface area contributed by atoms with E-state index in [0.717, 1.165) is 9.37 Å². The lowest BCUT2D eigenvalue weighted by atomic mass is 10.1. The standard InChI is InChI=1S/C12H10BrNO3/c13-9-3-1-2-8(6-9)10(15)7-14-11(16)4-5-12(14)17/h1-3,6H,4-5,7H2. The van der Waals surface area contributed by atoms with E-state index in [-0.39, 0.29) is 37.0 Å². The Balaban J connectivity index is 2.12. The van der Waals surface area contributed by atoms with Crippen LogP contribution in [0.15, 0.2) is 28.7 Å². The van der Waals surface area contributed by atoms with Crippen LogP contribution < -0.4 is 0 Å². The van der Waals surface area contributed by atoms with Crippen LogP contribution in [0.25, 0.3) is 0 Å². The number of hydrogen-bond acceptors (Lipinski definition) is 3. The maximum Gasteiger partial charge on any atom is 0.230 e. The van der Waals surface area contributed by atoms with Crippen molar-refractivity contribution in [2.45, 2.75) is 12.8 Å². The second kappa shape index (κ2) is 4.79. The van der Waals surface area contributed by atoms with Crippen molar-refractivity contribution in [3.05, 3.63) is 34.3 Å². The van der Waals surface area contributed by atoms with Crippen LogP contribution in [0.1, 0.15) is 23.2 Å². The highest BCUT2D eigenvalue weighted by molar-refractivity contribution is 9.10. The molecule has 0 spiro atoms. The molecule has 1 aliphatic rings. The predicted octanol–water partition coefficient (Wildman–Crippen LogP) is 1.78. The second-order valence-corrected chi connectivity index (χ2v) is 4.72. The van der Waals surface area contributed by atoms with Crippen LogP contribution in [0.3, 0.4) is 0 Å². The molecular weight excluding hydrogens is 286 g/mol. The minimum Gasteiger partial charge on any atom is -0.292 e. The average molecular weight is 296 g/mol. The van der Waals surface area contributed by atoms with Crippen LogP contribution in [0.4, 0.5) is 0 Å². The third-order valence-corrected chi connectivity index (χ3v) is 3.10. The first-order valence-corrected chi connectivity index (χ1v) is 5.99. The molecule has 1 saturated heterocycles. The Morgan fingerprint density at radius 2 is 1.88 bits per heavy atom. The average Bonchev–Trinajstić information content (AvgIpc) is 2.61. The zero-order chi connectivity index (χ0) is 12.4. The number of rotatable bonds is 3. The van der Waals surface area contributed by atoms with Gasteiger partial charge in [-0.15, -0.1) is 0 Å². The maximum atomic E-state index is 11.9. The van der Waals surface area contributed by atoms with Gasteiger partial charge in [-0.1, -0.05) is 28.1 Å². The quantitative estimate of drug-likeness (QED) is 0.631. The molecule has 2 rings (SSSR count). The summed E-state index contributed by atoms with van der Waals surface area (Å²) in [5.41, 5.74) is 0.492. The van der Waals surface area contributed by atoms with E-state index in [0.29, 0.717) is 5.56 Å². The molecule has 2 amide bonds. The summed E-state index contributed by atoms with van der Waals surface area (Å²) in [6, 6.07) is 6.89. The van der Waals surface area contributed by atoms with Gasteiger partial charge in [0.2, 0.25) is 11.8 Å². The van der Waals surface area contributed by atoms with Crippen molar-refractivity contribution in [1.29, 1.82) is 0 Å². The van der Waals surface area contributed by atoms with E-state index in [2.05, 4.69) is 15.9 Å². The summed E-state index contributed by atoms with van der Waals surface area (Å²) < 4.78 is 0.794. The SMILES string of the molecule is O=C(CN1C(=O)CCC1=O)c1cccc(Br)c1. The van der Waals surface area contributed by atoms with Gasteiger partial charge < -0.3 is 0 Å². The van der Waals surface area contributed by atoms with Crippen LogP contribution in [-0.2, 0) is 9.59 Å². The summed E-state index contributed by atoms with van der Waals surface area (Å²) in [6.07, 6.45) is 0.426. The Bertz CT molecular complexity index is 482. The molecule has 0 aromatic heterocycles. The second-order valence-electron chi connectivity index (χ2n) is 3.81. The molecule has 1 aromatic rings. The number of likely N-dealkylation sites (tertiary alicyclic amines) is 1. The van der Waals surface area contributed by atoms with Crippen LogP contribution in [-0.4, -0.2) is 29.0 Å². The minimum atomic E-state index is -0.265. The number of Topliss-reactive ketones (excluding diaryl/α,β-unsaturated/α-hetero) is 1. The highest BCUT2D eigenvalue weighted by atomic mass is 79.9. The van der Waals surface area contributed by atoms with Gasteiger partial charge in [-0.2, -0.15) is 0 Å². The Labute approximate surface area is 107 Å². The van der Waals surface area contributed by atoms with Gasteiger partial charge in [0.05, 0.1) is 6.54 Å². The van der Waals surface area contributed by atoms with Crippen molar-refractivity contribution in [3.8, 4) is 0 Å². The van der Waals surface area contributed by atoms with E-state index in [1.165, 1.54) is 0 Å². The van der Waals surface area contributed by atoms with Crippen LogP contribution >= 0.6 is 15.9 Å². The number of halogens is 1. The number of hydrogen-bond donors (Lipinski definition) is 0. The van der Waals surface area contributed by atoms with Gasteiger partial charge in [0.25, 0.3) is 0 Å². The van der Waals surface area contributed by atoms with Crippen molar-refractivity contribution >= 4 is 33.5 Å². The molecule has 0 N–H and O–H groups in total. The fourth-order valence-electron chi connectivity index (χ4n) is 1.70. The molecule has 5 heteroatoms. The van der Waals surface area contributed by atoms with Gasteiger partial charge in [-0.3, -0.25) is 19.3 Å². The summed E-state index contributed by atoms with van der Waals surface area (Å²) in [7, 11) is 0. The Morgan fingerprint density at radius 1 is 1.24 bits per heavy atom. The lowest BCUT2D eigenvalue weighted by Gasteiger charge is -2.12. The molecule has 88 valence electrons. The molecule has 1 aliphatic heterocycles. The predicted molar refractivity (Wildman–Crippen MR) is 64.4 cm³/mol. The number of amides is 2. The molecule has 0 radical (unpaired) electrons. The highest BCUT2D eigenvalue weighted by Crippen LogP contribution is 2.15. The highest BCUT2D eigenvalue weighted by Gasteiger charge is 2.30. The largest absolute Gasteiger partial charge is 0.292 e. The van der Waals surface area contributed by atoms with Crippen molar-refractivity contribution in [2.24, 2.45) is 0 Å². The van der Waals surface area contributed by atoms with Crippen molar-refractivity contribution in [3.63, 3.8) is 0 Å². The molecule has 1 heterocycles. The van der Waals surface area contributed by atoms with Crippen LogP contribution in [0, 0.1) is 0 Å². The molecule has 0 bridgehead atoms. The van der Waals surface area contributed by atoms with Crippen molar-refractivity contribution < 1.29 is 14.4 Å². The lowest BCUT2D eigenvalue weighted by molar-refractivity contribution is -0.137. The molecule has 0 unspecified atom stereocenters. The van der Waals surface area contributed by atoms with Crippen molar-refractivity contribution in [1.82, 2.24) is 4.90 Å². The van der Waals surface area contributed by atoms with Gasteiger partial charge in [-0.05, 0) is 12.1 Å². The number of ketones is 1. The van der Waals surface area contributed by atoms with E-state index in [9.17, 15) is 14.4 Å². The van der Waals surface area contributed by atoms with E-state index < -0.39 is 0 Å². The number of carbonyl (C=O) groups is 3. The minimum absolute atomic E-state index is 0.159. The first kappa shape index (κ1) is 12.0. The monoisotopic (exact) mass is 295 g/mol. The summed E-state index contributed by atoms with van der Waals surface area (Å²) in [4.78, 5) is 35.6. The summed E-state index contributed by atoms with van der Waals surface area (Å²) >= 11 is 3.27. The molecule has 0 aliphatic carbocycles. The Kier molecular flexibility index (Phi) is 3.38. The van der Waals surface area contributed by atoms with Gasteiger partial charge in [0.1, 0.15) is 0 Å². The zero-order valence-electron chi connectivity index (χ0n) is 8.98. The van der Waals surface area contributed by atoms with Gasteiger partial charge in [0, 0.05) is 22.9 Å². The normalized spacial score (nSPS) is 15.5. The number of nitrogens with zero attached hydrogens (tertiary/aromatic N) is 1. The Morgan fingerprint density at radius 3 is 2.47 bits per heavy atom. The maximum absolute atomic E-state index is 11.9. The topological polar surface area (TPSA) is 54.5 Å². The number of carbonyl (C=O) groups excluding carboxylic acids is 3. The summed E-state index contributed by atoms with van der Waals surface area (Å²) in [5.74, 6) is -0.758. The summed E-state index contributed by atoms with van der Waals surface area (Å²) in [5, 5.41) is 0. The first-order valence-electron chi connectivity index (χ1n) is 5.20. The molecular formula is C12H10BrNO3. The smallest absolute Gasteiger partial charge is 0.230 e. The van der Waals surface area contributed by atoms with E-state index in [1.54, 1.807) is 18.2 Å². The zero-order valence-corrected chi connectivity index (χ0v) is 10.6. The molecule has 17 heavy (non-hydrogen) atoms. The Hall–Kier alpha value is -1.49. The van der Waals surface area contributed by atoms with E-state index in [4.69, 9.17) is 0 Å². The third kappa shape index (κ3) is 2.61. The third-order valence-electron chi connectivity index (χ3n) is 2.60. The molecule has 4 nitrogen and oxygen atoms in total. The first-order chi connectivity index (χ1) is 8.08. The van der Waals surface area contributed by atoms with Gasteiger partial charge in [-0.25, -0.2) is 0 Å². The number of benzene rings is 1. The molecule has 1 aromatic carbocycles. The molecule has 0 atom stereocenters. The van der Waals surface area contributed by atoms with E-state index >= 15 is 0 Å². The van der Waals surface area contributed by atoms with Crippen LogP contribution in [0.2, 0.25) is 0 Å². The van der Waals surface area contributed by atoms with Crippen molar-refractivity contribution in [2.75, 3.05) is 6.54 Å². The molecule has 1 fully saturated rings. The molecule has 0 saturated carbocycles.